The van der Waals surface area contributed by atoms with Crippen molar-refractivity contribution >= 4 is 17.2 Å². The van der Waals surface area contributed by atoms with Crippen molar-refractivity contribution in [2.24, 2.45) is 0 Å². The van der Waals surface area contributed by atoms with E-state index in [1.807, 2.05) is 23.1 Å². The van der Waals surface area contributed by atoms with Crippen LogP contribution in [-0.4, -0.2) is 55.6 Å². The van der Waals surface area contributed by atoms with Crippen LogP contribution in [0.1, 0.15) is 5.56 Å². The highest BCUT2D eigenvalue weighted by Gasteiger charge is 2.21. The van der Waals surface area contributed by atoms with Crippen LogP contribution in [0, 0.1) is 0 Å². The van der Waals surface area contributed by atoms with Gasteiger partial charge in [-0.25, -0.2) is 0 Å². The number of methoxy groups -OCH3 is 1. The van der Waals surface area contributed by atoms with Gasteiger partial charge in [0.2, 0.25) is 0 Å². The Morgan fingerprint density at radius 3 is 2.67 bits per heavy atom. The van der Waals surface area contributed by atoms with E-state index in [9.17, 15) is 4.79 Å². The summed E-state index contributed by atoms with van der Waals surface area (Å²) in [6.45, 7) is 4.35. The second-order valence-corrected chi connectivity index (χ2v) is 6.54. The van der Waals surface area contributed by atoms with Gasteiger partial charge in [0.25, 0.3) is 5.91 Å². The van der Waals surface area contributed by atoms with E-state index in [-0.39, 0.29) is 12.5 Å². The van der Waals surface area contributed by atoms with Gasteiger partial charge in [0, 0.05) is 38.8 Å². The Morgan fingerprint density at radius 2 is 1.96 bits per heavy atom. The van der Waals surface area contributed by atoms with Gasteiger partial charge in [-0.05, 0) is 34.5 Å². The minimum Gasteiger partial charge on any atom is -0.497 e. The number of amides is 1. The number of ether oxygens (including phenoxy) is 2. The summed E-state index contributed by atoms with van der Waals surface area (Å²) in [5.41, 5.74) is 1.35. The summed E-state index contributed by atoms with van der Waals surface area (Å²) in [6.07, 6.45) is 0. The minimum absolute atomic E-state index is 0.0352. The molecule has 0 spiro atoms. The molecule has 5 nitrogen and oxygen atoms in total. The third-order valence-corrected chi connectivity index (χ3v) is 4.85. The molecular formula is C18H22N2O3S. The molecule has 0 atom stereocenters. The van der Waals surface area contributed by atoms with Gasteiger partial charge < -0.3 is 14.4 Å². The molecule has 1 aliphatic heterocycles. The van der Waals surface area contributed by atoms with Gasteiger partial charge in [-0.2, -0.15) is 11.3 Å². The van der Waals surface area contributed by atoms with Gasteiger partial charge in [-0.1, -0.05) is 6.07 Å². The van der Waals surface area contributed by atoms with Crippen LogP contribution in [0.2, 0.25) is 0 Å². The fraction of sp³-hybridized carbons (Fsp3) is 0.389. The van der Waals surface area contributed by atoms with Crippen LogP contribution in [0.5, 0.6) is 11.5 Å². The Bertz CT molecular complexity index is 652. The highest BCUT2D eigenvalue weighted by atomic mass is 32.1. The highest BCUT2D eigenvalue weighted by molar-refractivity contribution is 7.07. The van der Waals surface area contributed by atoms with E-state index < -0.39 is 0 Å². The van der Waals surface area contributed by atoms with E-state index in [4.69, 9.17) is 9.47 Å². The first-order chi connectivity index (χ1) is 11.7. The smallest absolute Gasteiger partial charge is 0.260 e. The van der Waals surface area contributed by atoms with Crippen molar-refractivity contribution in [3.63, 3.8) is 0 Å². The van der Waals surface area contributed by atoms with Gasteiger partial charge in [0.15, 0.2) is 6.61 Å². The number of hydrogen-bond donors (Lipinski definition) is 0. The quantitative estimate of drug-likeness (QED) is 0.806. The van der Waals surface area contributed by atoms with Crippen LogP contribution >= 0.6 is 11.3 Å². The summed E-state index contributed by atoms with van der Waals surface area (Å²) >= 11 is 1.72. The lowest BCUT2D eigenvalue weighted by molar-refractivity contribution is -0.135. The fourth-order valence-electron chi connectivity index (χ4n) is 2.72. The van der Waals surface area contributed by atoms with E-state index >= 15 is 0 Å². The average Bonchev–Trinajstić information content (AvgIpc) is 3.13. The predicted molar refractivity (Wildman–Crippen MR) is 94.7 cm³/mol. The van der Waals surface area contributed by atoms with Crippen LogP contribution < -0.4 is 9.47 Å². The standard InChI is InChI=1S/C18H22N2O3S/c1-22-16-3-2-4-17(11-16)23-13-18(21)20-8-6-19(7-9-20)12-15-5-10-24-14-15/h2-5,10-11,14H,6-9,12-13H2,1H3. The lowest BCUT2D eigenvalue weighted by atomic mass is 10.2. The zero-order valence-corrected chi connectivity index (χ0v) is 14.6. The number of rotatable bonds is 6. The monoisotopic (exact) mass is 346 g/mol. The van der Waals surface area contributed by atoms with Gasteiger partial charge >= 0.3 is 0 Å². The molecule has 128 valence electrons. The van der Waals surface area contributed by atoms with E-state index in [2.05, 4.69) is 21.7 Å². The predicted octanol–water partition coefficient (Wildman–Crippen LogP) is 2.48. The van der Waals surface area contributed by atoms with Crippen molar-refractivity contribution in [3.05, 3.63) is 46.7 Å². The van der Waals surface area contributed by atoms with E-state index in [0.29, 0.717) is 5.75 Å². The number of benzene rings is 1. The maximum Gasteiger partial charge on any atom is 0.260 e. The summed E-state index contributed by atoms with van der Waals surface area (Å²) in [6, 6.07) is 9.47. The molecule has 0 bridgehead atoms. The van der Waals surface area contributed by atoms with Crippen molar-refractivity contribution < 1.29 is 14.3 Å². The summed E-state index contributed by atoms with van der Waals surface area (Å²) in [5, 5.41) is 4.28. The SMILES string of the molecule is COc1cccc(OCC(=O)N2CCN(Cc3ccsc3)CC2)c1. The van der Waals surface area contributed by atoms with Gasteiger partial charge in [-0.3, -0.25) is 9.69 Å². The van der Waals surface area contributed by atoms with Gasteiger partial charge in [-0.15, -0.1) is 0 Å². The van der Waals surface area contributed by atoms with E-state index in [1.165, 1.54) is 5.56 Å². The number of carbonyl (C=O) groups is 1. The molecule has 1 fully saturated rings. The van der Waals surface area contributed by atoms with Crippen molar-refractivity contribution in [1.29, 1.82) is 0 Å². The molecule has 0 radical (unpaired) electrons. The van der Waals surface area contributed by atoms with Crippen LogP contribution in [0.4, 0.5) is 0 Å². The number of carbonyl (C=O) groups excluding carboxylic acids is 1. The maximum atomic E-state index is 12.3. The zero-order chi connectivity index (χ0) is 16.8. The molecule has 1 aliphatic rings. The number of thiophene rings is 1. The normalized spacial score (nSPS) is 15.3. The molecule has 2 aromatic rings. The molecule has 0 saturated carbocycles. The molecule has 6 heteroatoms. The third kappa shape index (κ3) is 4.49. The first-order valence-corrected chi connectivity index (χ1v) is 8.97. The largest absolute Gasteiger partial charge is 0.497 e. The molecule has 0 N–H and O–H groups in total. The fourth-order valence-corrected chi connectivity index (χ4v) is 3.38. The molecule has 0 aliphatic carbocycles. The Balaban J connectivity index is 1.43. The first-order valence-electron chi connectivity index (χ1n) is 8.02. The number of nitrogens with zero attached hydrogens (tertiary/aromatic N) is 2. The maximum absolute atomic E-state index is 12.3. The van der Waals surface area contributed by atoms with E-state index in [1.54, 1.807) is 24.5 Å². The van der Waals surface area contributed by atoms with Crippen LogP contribution in [-0.2, 0) is 11.3 Å². The first kappa shape index (κ1) is 16.8. The Hall–Kier alpha value is -2.05. The van der Waals surface area contributed by atoms with Crippen molar-refractivity contribution in [3.8, 4) is 11.5 Å². The molecule has 3 rings (SSSR count). The average molecular weight is 346 g/mol. The van der Waals surface area contributed by atoms with Crippen molar-refractivity contribution in [2.45, 2.75) is 6.54 Å². The van der Waals surface area contributed by atoms with Crippen LogP contribution in [0.3, 0.4) is 0 Å². The summed E-state index contributed by atoms with van der Waals surface area (Å²) in [4.78, 5) is 16.6. The second kappa shape index (κ2) is 8.17. The lowest BCUT2D eigenvalue weighted by Crippen LogP contribution is -2.49. The summed E-state index contributed by atoms with van der Waals surface area (Å²) in [5.74, 6) is 1.41. The van der Waals surface area contributed by atoms with Crippen molar-refractivity contribution in [1.82, 2.24) is 9.80 Å². The molecule has 1 saturated heterocycles. The third-order valence-electron chi connectivity index (χ3n) is 4.11. The Kier molecular flexibility index (Phi) is 5.72. The molecule has 0 unspecified atom stereocenters. The highest BCUT2D eigenvalue weighted by Crippen LogP contribution is 2.19. The molecule has 1 amide bonds. The Morgan fingerprint density at radius 1 is 1.17 bits per heavy atom. The minimum atomic E-state index is 0.0352. The lowest BCUT2D eigenvalue weighted by Gasteiger charge is -2.34. The molecule has 2 heterocycles. The van der Waals surface area contributed by atoms with Crippen LogP contribution in [0.25, 0.3) is 0 Å². The molecule has 24 heavy (non-hydrogen) atoms. The van der Waals surface area contributed by atoms with Gasteiger partial charge in [0.1, 0.15) is 11.5 Å². The molecule has 1 aromatic heterocycles. The van der Waals surface area contributed by atoms with Crippen molar-refractivity contribution in [2.75, 3.05) is 39.9 Å². The second-order valence-electron chi connectivity index (χ2n) is 5.76. The number of piperazine rings is 1. The summed E-state index contributed by atoms with van der Waals surface area (Å²) < 4.78 is 10.7. The Labute approximate surface area is 146 Å². The summed E-state index contributed by atoms with van der Waals surface area (Å²) in [7, 11) is 1.61. The van der Waals surface area contributed by atoms with Crippen LogP contribution in [0.15, 0.2) is 41.1 Å². The topological polar surface area (TPSA) is 42.0 Å². The van der Waals surface area contributed by atoms with E-state index in [0.717, 1.165) is 38.5 Å². The van der Waals surface area contributed by atoms with Gasteiger partial charge in [0.05, 0.1) is 7.11 Å². The zero-order valence-electron chi connectivity index (χ0n) is 13.8. The molecular weight excluding hydrogens is 324 g/mol. The molecule has 1 aromatic carbocycles. The number of hydrogen-bond acceptors (Lipinski definition) is 5.